The van der Waals surface area contributed by atoms with E-state index in [1.165, 1.54) is 6.42 Å². The Balaban J connectivity index is 1.87. The van der Waals surface area contributed by atoms with Gasteiger partial charge in [0.2, 0.25) is 5.28 Å². The molecule has 4 heteroatoms. The summed E-state index contributed by atoms with van der Waals surface area (Å²) in [5.74, 6) is 1.57. The Kier molecular flexibility index (Phi) is 2.67. The van der Waals surface area contributed by atoms with Gasteiger partial charge >= 0.3 is 0 Å². The molecule has 1 aliphatic rings. The Bertz CT molecular complexity index is 595. The van der Waals surface area contributed by atoms with Crippen LogP contribution in [0.25, 0.3) is 10.9 Å². The van der Waals surface area contributed by atoms with E-state index in [1.54, 1.807) is 0 Å². The molecule has 1 fully saturated rings. The first-order chi connectivity index (χ1) is 8.56. The maximum absolute atomic E-state index is 5.95. The SMILES string of the molecule is CC1(C)CC1CNc1nc(Cl)nc2ccccc12. The smallest absolute Gasteiger partial charge is 0.224 e. The third-order valence-electron chi connectivity index (χ3n) is 3.81. The number of aromatic nitrogens is 2. The number of benzene rings is 1. The number of hydrogen-bond acceptors (Lipinski definition) is 3. The van der Waals surface area contributed by atoms with E-state index >= 15 is 0 Å². The molecule has 1 aliphatic carbocycles. The number of fused-ring (bicyclic) bond motifs is 1. The quantitative estimate of drug-likeness (QED) is 0.856. The molecule has 1 atom stereocenters. The van der Waals surface area contributed by atoms with Crippen molar-refractivity contribution in [3.63, 3.8) is 0 Å². The minimum atomic E-state index is 0.297. The molecule has 3 rings (SSSR count). The van der Waals surface area contributed by atoms with Gasteiger partial charge < -0.3 is 5.32 Å². The Morgan fingerprint density at radius 1 is 1.33 bits per heavy atom. The minimum Gasteiger partial charge on any atom is -0.369 e. The zero-order chi connectivity index (χ0) is 12.8. The normalized spacial score (nSPS) is 20.9. The highest BCUT2D eigenvalue weighted by Crippen LogP contribution is 2.51. The van der Waals surface area contributed by atoms with Crippen LogP contribution >= 0.6 is 11.6 Å². The van der Waals surface area contributed by atoms with Gasteiger partial charge in [-0.3, -0.25) is 0 Å². The van der Waals surface area contributed by atoms with Crippen LogP contribution in [0.5, 0.6) is 0 Å². The Morgan fingerprint density at radius 3 is 2.78 bits per heavy atom. The van der Waals surface area contributed by atoms with Gasteiger partial charge in [-0.1, -0.05) is 26.0 Å². The zero-order valence-corrected chi connectivity index (χ0v) is 11.3. The zero-order valence-electron chi connectivity index (χ0n) is 10.6. The van der Waals surface area contributed by atoms with Gasteiger partial charge in [0.15, 0.2) is 0 Å². The van der Waals surface area contributed by atoms with E-state index in [-0.39, 0.29) is 0 Å². The van der Waals surface area contributed by atoms with Crippen molar-refractivity contribution in [2.75, 3.05) is 11.9 Å². The van der Waals surface area contributed by atoms with Crippen LogP contribution in [0.4, 0.5) is 5.82 Å². The molecular weight excluding hydrogens is 246 g/mol. The van der Waals surface area contributed by atoms with Crippen LogP contribution in [0.1, 0.15) is 20.3 Å². The summed E-state index contributed by atoms with van der Waals surface area (Å²) in [7, 11) is 0. The van der Waals surface area contributed by atoms with Gasteiger partial charge in [0.1, 0.15) is 5.82 Å². The van der Waals surface area contributed by atoms with Gasteiger partial charge in [-0.2, -0.15) is 0 Å². The van der Waals surface area contributed by atoms with Gasteiger partial charge in [-0.05, 0) is 41.5 Å². The predicted molar refractivity (Wildman–Crippen MR) is 74.9 cm³/mol. The lowest BCUT2D eigenvalue weighted by atomic mass is 10.1. The van der Waals surface area contributed by atoms with Gasteiger partial charge in [0.05, 0.1) is 5.52 Å². The topological polar surface area (TPSA) is 37.8 Å². The van der Waals surface area contributed by atoms with Crippen molar-refractivity contribution in [2.45, 2.75) is 20.3 Å². The number of para-hydroxylation sites is 1. The first-order valence-electron chi connectivity index (χ1n) is 6.22. The van der Waals surface area contributed by atoms with Gasteiger partial charge in [0.25, 0.3) is 0 Å². The average Bonchev–Trinajstić information content (AvgIpc) is 2.94. The third kappa shape index (κ3) is 2.15. The average molecular weight is 262 g/mol. The number of halogens is 1. The van der Waals surface area contributed by atoms with Crippen molar-refractivity contribution in [1.82, 2.24) is 9.97 Å². The lowest BCUT2D eigenvalue weighted by Gasteiger charge is -2.09. The number of nitrogens with zero attached hydrogens (tertiary/aromatic N) is 2. The summed E-state index contributed by atoms with van der Waals surface area (Å²) in [5, 5.41) is 4.74. The van der Waals surface area contributed by atoms with Crippen LogP contribution in [0.15, 0.2) is 24.3 Å². The second kappa shape index (κ2) is 4.09. The Labute approximate surface area is 112 Å². The molecule has 1 unspecified atom stereocenters. The highest BCUT2D eigenvalue weighted by atomic mass is 35.5. The molecule has 1 saturated carbocycles. The van der Waals surface area contributed by atoms with Crippen molar-refractivity contribution in [3.05, 3.63) is 29.5 Å². The van der Waals surface area contributed by atoms with E-state index in [4.69, 9.17) is 11.6 Å². The summed E-state index contributed by atoms with van der Waals surface area (Å²) >= 11 is 5.95. The maximum Gasteiger partial charge on any atom is 0.224 e. The first-order valence-corrected chi connectivity index (χ1v) is 6.60. The van der Waals surface area contributed by atoms with E-state index in [9.17, 15) is 0 Å². The summed E-state index contributed by atoms with van der Waals surface area (Å²) in [6, 6.07) is 7.92. The van der Waals surface area contributed by atoms with Crippen molar-refractivity contribution in [1.29, 1.82) is 0 Å². The second-order valence-corrected chi connectivity index (χ2v) is 5.97. The molecule has 3 nitrogen and oxygen atoms in total. The summed E-state index contributed by atoms with van der Waals surface area (Å²) in [5.41, 5.74) is 1.36. The monoisotopic (exact) mass is 261 g/mol. The molecule has 94 valence electrons. The standard InChI is InChI=1S/C14H16ClN3/c1-14(2)7-9(14)8-16-12-10-5-3-4-6-11(10)17-13(15)18-12/h3-6,9H,7-8H2,1-2H3,(H,16,17,18). The van der Waals surface area contributed by atoms with Crippen molar-refractivity contribution >= 4 is 28.3 Å². The molecule has 18 heavy (non-hydrogen) atoms. The number of rotatable bonds is 3. The molecule has 0 spiro atoms. The highest BCUT2D eigenvalue weighted by Gasteiger charge is 2.45. The maximum atomic E-state index is 5.95. The van der Waals surface area contributed by atoms with Crippen LogP contribution in [-0.2, 0) is 0 Å². The van der Waals surface area contributed by atoms with Crippen LogP contribution in [-0.4, -0.2) is 16.5 Å². The van der Waals surface area contributed by atoms with Gasteiger partial charge in [-0.15, -0.1) is 0 Å². The molecular formula is C14H16ClN3. The largest absolute Gasteiger partial charge is 0.369 e. The van der Waals surface area contributed by atoms with Crippen molar-refractivity contribution < 1.29 is 0 Å². The van der Waals surface area contributed by atoms with E-state index in [2.05, 4.69) is 29.1 Å². The summed E-state index contributed by atoms with van der Waals surface area (Å²) in [6.07, 6.45) is 1.27. The molecule has 1 heterocycles. The van der Waals surface area contributed by atoms with Crippen molar-refractivity contribution in [2.24, 2.45) is 11.3 Å². The molecule has 2 aromatic rings. The molecule has 0 amide bonds. The predicted octanol–water partition coefficient (Wildman–Crippen LogP) is 3.74. The molecule has 0 saturated heterocycles. The summed E-state index contributed by atoms with van der Waals surface area (Å²) < 4.78 is 0. The Morgan fingerprint density at radius 2 is 2.06 bits per heavy atom. The summed E-state index contributed by atoms with van der Waals surface area (Å²) in [6.45, 7) is 5.54. The van der Waals surface area contributed by atoms with E-state index < -0.39 is 0 Å². The highest BCUT2D eigenvalue weighted by molar-refractivity contribution is 6.28. The minimum absolute atomic E-state index is 0.297. The molecule has 1 aromatic heterocycles. The molecule has 0 bridgehead atoms. The van der Waals surface area contributed by atoms with E-state index in [0.29, 0.717) is 10.7 Å². The third-order valence-corrected chi connectivity index (χ3v) is 3.98. The first kappa shape index (κ1) is 11.7. The number of nitrogens with one attached hydrogen (secondary N) is 1. The number of anilines is 1. The molecule has 1 N–H and O–H groups in total. The van der Waals surface area contributed by atoms with Gasteiger partial charge in [-0.25, -0.2) is 9.97 Å². The fourth-order valence-electron chi connectivity index (χ4n) is 2.33. The molecule has 0 aliphatic heterocycles. The van der Waals surface area contributed by atoms with Crippen LogP contribution in [0.3, 0.4) is 0 Å². The van der Waals surface area contributed by atoms with Crippen molar-refractivity contribution in [3.8, 4) is 0 Å². The Hall–Kier alpha value is -1.35. The van der Waals surface area contributed by atoms with E-state index in [1.807, 2.05) is 24.3 Å². The van der Waals surface area contributed by atoms with Crippen LogP contribution in [0.2, 0.25) is 5.28 Å². The number of hydrogen-bond donors (Lipinski definition) is 1. The van der Waals surface area contributed by atoms with Crippen LogP contribution in [0, 0.1) is 11.3 Å². The van der Waals surface area contributed by atoms with Gasteiger partial charge in [0, 0.05) is 11.9 Å². The fourth-order valence-corrected chi connectivity index (χ4v) is 2.50. The lowest BCUT2D eigenvalue weighted by molar-refractivity contribution is 0.573. The molecule has 0 radical (unpaired) electrons. The second-order valence-electron chi connectivity index (χ2n) is 5.63. The van der Waals surface area contributed by atoms with Crippen LogP contribution < -0.4 is 5.32 Å². The van der Waals surface area contributed by atoms with E-state index in [0.717, 1.165) is 29.2 Å². The lowest BCUT2D eigenvalue weighted by Crippen LogP contribution is -2.09. The summed E-state index contributed by atoms with van der Waals surface area (Å²) in [4.78, 5) is 8.51. The fraction of sp³-hybridized carbons (Fsp3) is 0.429. The molecule has 1 aromatic carbocycles.